The minimum atomic E-state index is -0.643. The Morgan fingerprint density at radius 1 is 1.31 bits per heavy atom. The molecule has 0 amide bonds. The predicted octanol–water partition coefficient (Wildman–Crippen LogP) is 2.61. The molecule has 2 N–H and O–H groups in total. The molecule has 0 aliphatic rings. The molecule has 1 rings (SSSR count). The minimum absolute atomic E-state index is 0.00704. The number of benzene rings is 1. The summed E-state index contributed by atoms with van der Waals surface area (Å²) in [6.07, 6.45) is 0. The van der Waals surface area contributed by atoms with Crippen molar-refractivity contribution in [3.8, 4) is 0 Å². The van der Waals surface area contributed by atoms with E-state index in [0.717, 1.165) is 5.56 Å². The quantitative estimate of drug-likeness (QED) is 0.800. The molecule has 0 heterocycles. The van der Waals surface area contributed by atoms with Crippen LogP contribution < -0.4 is 5.73 Å². The Morgan fingerprint density at radius 3 is 2.31 bits per heavy atom. The zero-order valence-electron chi connectivity index (χ0n) is 10.2. The number of hydrogen-bond donors (Lipinski definition) is 1. The van der Waals surface area contributed by atoms with Crippen molar-refractivity contribution in [2.24, 2.45) is 11.7 Å². The van der Waals surface area contributed by atoms with Gasteiger partial charge in [0.15, 0.2) is 5.78 Å². The maximum absolute atomic E-state index is 13.7. The summed E-state index contributed by atoms with van der Waals surface area (Å²) in [5.74, 6) is -0.781. The van der Waals surface area contributed by atoms with Crippen molar-refractivity contribution < 1.29 is 9.18 Å². The lowest BCUT2D eigenvalue weighted by Crippen LogP contribution is -2.36. The van der Waals surface area contributed by atoms with Crippen LogP contribution in [-0.4, -0.2) is 11.8 Å². The van der Waals surface area contributed by atoms with E-state index in [1.807, 2.05) is 13.8 Å². The molecule has 1 unspecified atom stereocenters. The zero-order chi connectivity index (χ0) is 12.5. The third-order valence-electron chi connectivity index (χ3n) is 2.70. The number of aryl methyl sites for hydroxylation is 2. The molecule has 1 aromatic carbocycles. The summed E-state index contributed by atoms with van der Waals surface area (Å²) in [5.41, 5.74) is 7.34. The van der Waals surface area contributed by atoms with E-state index in [4.69, 9.17) is 5.73 Å². The van der Waals surface area contributed by atoms with Crippen LogP contribution in [0, 0.1) is 25.6 Å². The summed E-state index contributed by atoms with van der Waals surface area (Å²) < 4.78 is 13.7. The van der Waals surface area contributed by atoms with Crippen molar-refractivity contribution in [3.63, 3.8) is 0 Å². The van der Waals surface area contributed by atoms with Crippen molar-refractivity contribution in [1.82, 2.24) is 0 Å². The summed E-state index contributed by atoms with van der Waals surface area (Å²) in [4.78, 5) is 12.0. The first-order chi connectivity index (χ1) is 7.34. The van der Waals surface area contributed by atoms with E-state index in [2.05, 4.69) is 0 Å². The third-order valence-corrected chi connectivity index (χ3v) is 2.70. The van der Waals surface area contributed by atoms with Gasteiger partial charge in [0.1, 0.15) is 5.82 Å². The maximum Gasteiger partial charge on any atom is 0.182 e. The van der Waals surface area contributed by atoms with Crippen molar-refractivity contribution in [1.29, 1.82) is 0 Å². The maximum atomic E-state index is 13.7. The van der Waals surface area contributed by atoms with Gasteiger partial charge in [-0.05, 0) is 37.0 Å². The molecule has 0 spiro atoms. The van der Waals surface area contributed by atoms with Crippen molar-refractivity contribution in [3.05, 3.63) is 34.6 Å². The number of rotatable bonds is 3. The number of hydrogen-bond acceptors (Lipinski definition) is 2. The van der Waals surface area contributed by atoms with Gasteiger partial charge in [0.2, 0.25) is 0 Å². The molecule has 0 aliphatic heterocycles. The second-order valence-electron chi connectivity index (χ2n) is 4.57. The molecule has 0 aromatic heterocycles. The fraction of sp³-hybridized carbons (Fsp3) is 0.462. The molecule has 0 saturated heterocycles. The Bertz CT molecular complexity index is 389. The van der Waals surface area contributed by atoms with E-state index >= 15 is 0 Å². The lowest BCUT2D eigenvalue weighted by atomic mass is 9.92. The summed E-state index contributed by atoms with van der Waals surface area (Å²) in [7, 11) is 0. The van der Waals surface area contributed by atoms with Crippen molar-refractivity contribution in [2.45, 2.75) is 33.7 Å². The lowest BCUT2D eigenvalue weighted by molar-refractivity contribution is 0.0936. The van der Waals surface area contributed by atoms with E-state index < -0.39 is 11.9 Å². The smallest absolute Gasteiger partial charge is 0.182 e. The van der Waals surface area contributed by atoms with Crippen LogP contribution in [0.4, 0.5) is 4.39 Å². The van der Waals surface area contributed by atoms with Crippen molar-refractivity contribution in [2.75, 3.05) is 0 Å². The molecule has 0 aliphatic carbocycles. The largest absolute Gasteiger partial charge is 0.321 e. The number of halogens is 1. The predicted molar refractivity (Wildman–Crippen MR) is 63.0 cm³/mol. The normalized spacial score (nSPS) is 12.9. The van der Waals surface area contributed by atoms with Crippen LogP contribution in [0.3, 0.4) is 0 Å². The minimum Gasteiger partial charge on any atom is -0.321 e. The highest BCUT2D eigenvalue weighted by molar-refractivity contribution is 6.01. The standard InChI is InChI=1S/C13H18FNO/c1-7(2)12(15)13(16)11-9(4)5-8(3)6-10(11)14/h5-7,12H,15H2,1-4H3. The van der Waals surface area contributed by atoms with Gasteiger partial charge in [-0.2, -0.15) is 0 Å². The van der Waals surface area contributed by atoms with Gasteiger partial charge in [0, 0.05) is 0 Å². The highest BCUT2D eigenvalue weighted by Crippen LogP contribution is 2.18. The van der Waals surface area contributed by atoms with Crippen LogP contribution >= 0.6 is 0 Å². The lowest BCUT2D eigenvalue weighted by Gasteiger charge is -2.16. The van der Waals surface area contributed by atoms with E-state index in [0.29, 0.717) is 5.56 Å². The highest BCUT2D eigenvalue weighted by atomic mass is 19.1. The van der Waals surface area contributed by atoms with E-state index in [-0.39, 0.29) is 17.3 Å². The molecule has 1 aromatic rings. The molecule has 1 atom stereocenters. The van der Waals surface area contributed by atoms with Crippen LogP contribution in [0.2, 0.25) is 0 Å². The van der Waals surface area contributed by atoms with Crippen LogP contribution in [0.5, 0.6) is 0 Å². The fourth-order valence-corrected chi connectivity index (χ4v) is 1.70. The highest BCUT2D eigenvalue weighted by Gasteiger charge is 2.23. The van der Waals surface area contributed by atoms with Crippen molar-refractivity contribution >= 4 is 5.78 Å². The first-order valence-corrected chi connectivity index (χ1v) is 5.41. The van der Waals surface area contributed by atoms with Crippen LogP contribution in [0.1, 0.15) is 35.3 Å². The molecule has 0 bridgehead atoms. The summed E-state index contributed by atoms with van der Waals surface area (Å²) in [5, 5.41) is 0. The molecular formula is C13H18FNO. The third kappa shape index (κ3) is 2.47. The van der Waals surface area contributed by atoms with Gasteiger partial charge in [-0.1, -0.05) is 19.9 Å². The average molecular weight is 223 g/mol. The van der Waals surface area contributed by atoms with Gasteiger partial charge in [0.05, 0.1) is 11.6 Å². The summed E-state index contributed by atoms with van der Waals surface area (Å²) in [6, 6.07) is 2.52. The Labute approximate surface area is 95.7 Å². The van der Waals surface area contributed by atoms with E-state index in [1.165, 1.54) is 6.07 Å². The number of Topliss-reactive ketones (excluding diaryl/α,β-unsaturated/α-hetero) is 1. The van der Waals surface area contributed by atoms with Gasteiger partial charge in [-0.15, -0.1) is 0 Å². The van der Waals surface area contributed by atoms with Gasteiger partial charge >= 0.3 is 0 Å². The van der Waals surface area contributed by atoms with Gasteiger partial charge < -0.3 is 5.73 Å². The Hall–Kier alpha value is -1.22. The number of ketones is 1. The van der Waals surface area contributed by atoms with E-state index in [9.17, 15) is 9.18 Å². The van der Waals surface area contributed by atoms with Crippen LogP contribution in [-0.2, 0) is 0 Å². The van der Waals surface area contributed by atoms with Gasteiger partial charge in [0.25, 0.3) is 0 Å². The Balaban J connectivity index is 3.19. The number of carbonyl (C=O) groups excluding carboxylic acids is 1. The molecular weight excluding hydrogens is 205 g/mol. The molecule has 0 fully saturated rings. The number of nitrogens with two attached hydrogens (primary N) is 1. The number of carbonyl (C=O) groups is 1. The zero-order valence-corrected chi connectivity index (χ0v) is 10.2. The fourth-order valence-electron chi connectivity index (χ4n) is 1.70. The monoisotopic (exact) mass is 223 g/mol. The SMILES string of the molecule is Cc1cc(C)c(C(=O)C(N)C(C)C)c(F)c1. The molecule has 2 nitrogen and oxygen atoms in total. The average Bonchev–Trinajstić information content (AvgIpc) is 2.14. The topological polar surface area (TPSA) is 43.1 Å². The second-order valence-corrected chi connectivity index (χ2v) is 4.57. The second kappa shape index (κ2) is 4.74. The molecule has 88 valence electrons. The molecule has 3 heteroatoms. The first-order valence-electron chi connectivity index (χ1n) is 5.41. The van der Waals surface area contributed by atoms with Crippen LogP contribution in [0.25, 0.3) is 0 Å². The Morgan fingerprint density at radius 2 is 1.88 bits per heavy atom. The Kier molecular flexibility index (Phi) is 3.81. The molecule has 0 radical (unpaired) electrons. The molecule has 16 heavy (non-hydrogen) atoms. The summed E-state index contributed by atoms with van der Waals surface area (Å²) in [6.45, 7) is 7.23. The molecule has 0 saturated carbocycles. The van der Waals surface area contributed by atoms with Gasteiger partial charge in [-0.3, -0.25) is 4.79 Å². The summed E-state index contributed by atoms with van der Waals surface area (Å²) >= 11 is 0. The van der Waals surface area contributed by atoms with E-state index in [1.54, 1.807) is 19.9 Å². The first kappa shape index (κ1) is 12.8. The van der Waals surface area contributed by atoms with Crippen LogP contribution in [0.15, 0.2) is 12.1 Å². The van der Waals surface area contributed by atoms with Gasteiger partial charge in [-0.25, -0.2) is 4.39 Å².